The average molecular weight is 255 g/mol. The van der Waals surface area contributed by atoms with Gasteiger partial charge in [-0.1, -0.05) is 24.3 Å². The highest BCUT2D eigenvalue weighted by Gasteiger charge is 2.12. The van der Waals surface area contributed by atoms with Gasteiger partial charge in [0.2, 0.25) is 0 Å². The average Bonchev–Trinajstić information content (AvgIpc) is 2.87. The summed E-state index contributed by atoms with van der Waals surface area (Å²) >= 11 is 1.11. The molecule has 0 bridgehead atoms. The molecule has 0 fully saturated rings. The molecule has 3 rings (SSSR count). The molecule has 1 aromatic heterocycles. The molecule has 18 heavy (non-hydrogen) atoms. The van der Waals surface area contributed by atoms with Gasteiger partial charge in [-0.05, 0) is 24.3 Å². The van der Waals surface area contributed by atoms with Gasteiger partial charge in [-0.2, -0.15) is 8.75 Å². The van der Waals surface area contributed by atoms with Crippen LogP contribution in [0.15, 0.2) is 48.5 Å². The van der Waals surface area contributed by atoms with Gasteiger partial charge >= 0.3 is 0 Å². The summed E-state index contributed by atoms with van der Waals surface area (Å²) < 4.78 is 8.27. The lowest BCUT2D eigenvalue weighted by Crippen LogP contribution is -2.12. The summed E-state index contributed by atoms with van der Waals surface area (Å²) in [6, 6.07) is 14.8. The van der Waals surface area contributed by atoms with Gasteiger partial charge in [-0.25, -0.2) is 0 Å². The van der Waals surface area contributed by atoms with Crippen molar-refractivity contribution in [1.29, 1.82) is 0 Å². The van der Waals surface area contributed by atoms with E-state index in [-0.39, 0.29) is 5.91 Å². The zero-order valence-electron chi connectivity index (χ0n) is 9.33. The van der Waals surface area contributed by atoms with Crippen LogP contribution >= 0.6 is 11.7 Å². The van der Waals surface area contributed by atoms with Crippen LogP contribution in [0.25, 0.3) is 11.0 Å². The number of nitrogens with zero attached hydrogens (tertiary/aromatic N) is 2. The van der Waals surface area contributed by atoms with Crippen molar-refractivity contribution in [1.82, 2.24) is 8.75 Å². The summed E-state index contributed by atoms with van der Waals surface area (Å²) in [4.78, 5) is 12.2. The Kier molecular flexibility index (Phi) is 2.74. The van der Waals surface area contributed by atoms with E-state index in [1.807, 2.05) is 42.5 Å². The van der Waals surface area contributed by atoms with E-state index in [0.29, 0.717) is 11.1 Å². The highest BCUT2D eigenvalue weighted by molar-refractivity contribution is 7.00. The normalized spacial score (nSPS) is 10.4. The molecule has 4 nitrogen and oxygen atoms in total. The quantitative estimate of drug-likeness (QED) is 0.766. The lowest BCUT2D eigenvalue weighted by Gasteiger charge is -2.04. The van der Waals surface area contributed by atoms with Crippen LogP contribution in [0.4, 0.5) is 5.69 Å². The first-order valence-electron chi connectivity index (χ1n) is 5.42. The number of amides is 1. The Morgan fingerprint density at radius 2 is 1.83 bits per heavy atom. The molecule has 0 aliphatic rings. The Hall–Kier alpha value is -2.27. The van der Waals surface area contributed by atoms with Crippen molar-refractivity contribution in [3.63, 3.8) is 0 Å². The van der Waals surface area contributed by atoms with Crippen LogP contribution in [-0.2, 0) is 0 Å². The van der Waals surface area contributed by atoms with Crippen molar-refractivity contribution in [2.75, 3.05) is 5.32 Å². The minimum absolute atomic E-state index is 0.167. The Balaban J connectivity index is 1.95. The maximum atomic E-state index is 12.2. The number of hydrogen-bond acceptors (Lipinski definition) is 4. The van der Waals surface area contributed by atoms with Crippen molar-refractivity contribution in [2.45, 2.75) is 0 Å². The van der Waals surface area contributed by atoms with Gasteiger partial charge in [0.1, 0.15) is 11.0 Å². The van der Waals surface area contributed by atoms with Crippen molar-refractivity contribution in [3.05, 3.63) is 54.1 Å². The number of hydrogen-bond donors (Lipinski definition) is 1. The topological polar surface area (TPSA) is 54.9 Å². The first kappa shape index (κ1) is 10.9. The minimum atomic E-state index is -0.167. The fourth-order valence-electron chi connectivity index (χ4n) is 1.71. The van der Waals surface area contributed by atoms with Gasteiger partial charge < -0.3 is 5.32 Å². The molecule has 3 aromatic rings. The van der Waals surface area contributed by atoms with E-state index < -0.39 is 0 Å². The van der Waals surface area contributed by atoms with E-state index in [1.54, 1.807) is 6.07 Å². The number of carbonyl (C=O) groups is 1. The molecule has 2 aromatic carbocycles. The van der Waals surface area contributed by atoms with Crippen molar-refractivity contribution in [2.24, 2.45) is 0 Å². The van der Waals surface area contributed by atoms with Crippen molar-refractivity contribution < 1.29 is 4.79 Å². The highest BCUT2D eigenvalue weighted by atomic mass is 32.1. The largest absolute Gasteiger partial charge is 0.322 e. The van der Waals surface area contributed by atoms with Gasteiger partial charge in [0.25, 0.3) is 5.91 Å². The summed E-state index contributed by atoms with van der Waals surface area (Å²) in [7, 11) is 0. The predicted molar refractivity (Wildman–Crippen MR) is 71.8 cm³/mol. The van der Waals surface area contributed by atoms with Gasteiger partial charge in [0, 0.05) is 5.69 Å². The smallest absolute Gasteiger partial charge is 0.257 e. The molecule has 0 aliphatic carbocycles. The second-order valence-corrected chi connectivity index (χ2v) is 4.29. The summed E-state index contributed by atoms with van der Waals surface area (Å²) in [6.45, 7) is 0. The molecular formula is C13H9N3OS. The Labute approximate surface area is 108 Å². The lowest BCUT2D eigenvalue weighted by molar-refractivity contribution is 0.102. The second kappa shape index (κ2) is 4.54. The molecule has 0 atom stereocenters. The van der Waals surface area contributed by atoms with Crippen molar-refractivity contribution in [3.8, 4) is 0 Å². The van der Waals surface area contributed by atoms with E-state index >= 15 is 0 Å². The molecule has 88 valence electrons. The number of para-hydroxylation sites is 1. The molecular weight excluding hydrogens is 246 g/mol. The summed E-state index contributed by atoms with van der Waals surface area (Å²) in [5.41, 5.74) is 2.71. The van der Waals surface area contributed by atoms with Crippen LogP contribution in [-0.4, -0.2) is 14.7 Å². The highest BCUT2D eigenvalue weighted by Crippen LogP contribution is 2.17. The van der Waals surface area contributed by atoms with E-state index in [9.17, 15) is 4.79 Å². The first-order valence-corrected chi connectivity index (χ1v) is 6.15. The molecule has 5 heteroatoms. The summed E-state index contributed by atoms with van der Waals surface area (Å²) in [5, 5.41) is 2.84. The molecule has 0 aliphatic heterocycles. The number of anilines is 1. The van der Waals surface area contributed by atoms with E-state index in [2.05, 4.69) is 14.1 Å². The van der Waals surface area contributed by atoms with Crippen LogP contribution in [0.2, 0.25) is 0 Å². The first-order chi connectivity index (χ1) is 8.84. The Morgan fingerprint density at radius 1 is 1.00 bits per heavy atom. The van der Waals surface area contributed by atoms with Crippen LogP contribution in [0, 0.1) is 0 Å². The minimum Gasteiger partial charge on any atom is -0.322 e. The molecule has 0 saturated heterocycles. The predicted octanol–water partition coefficient (Wildman–Crippen LogP) is 2.94. The van der Waals surface area contributed by atoms with E-state index in [0.717, 1.165) is 22.9 Å². The molecule has 1 heterocycles. The Bertz CT molecular complexity index is 694. The number of nitrogens with one attached hydrogen (secondary N) is 1. The van der Waals surface area contributed by atoms with E-state index in [4.69, 9.17) is 0 Å². The third-order valence-corrected chi connectivity index (χ3v) is 3.10. The van der Waals surface area contributed by atoms with Crippen LogP contribution in [0.3, 0.4) is 0 Å². The van der Waals surface area contributed by atoms with Crippen LogP contribution < -0.4 is 5.32 Å². The summed E-state index contributed by atoms with van der Waals surface area (Å²) in [5.74, 6) is -0.167. The molecule has 1 N–H and O–H groups in total. The van der Waals surface area contributed by atoms with Gasteiger partial charge in [0.15, 0.2) is 0 Å². The van der Waals surface area contributed by atoms with Crippen LogP contribution in [0.1, 0.15) is 10.4 Å². The summed E-state index contributed by atoms with van der Waals surface area (Å²) in [6.07, 6.45) is 0. The van der Waals surface area contributed by atoms with Crippen LogP contribution in [0.5, 0.6) is 0 Å². The number of rotatable bonds is 2. The third-order valence-electron chi connectivity index (χ3n) is 2.56. The molecule has 0 saturated carbocycles. The third kappa shape index (κ3) is 1.96. The number of benzene rings is 2. The van der Waals surface area contributed by atoms with Crippen molar-refractivity contribution >= 4 is 34.4 Å². The maximum absolute atomic E-state index is 12.2. The second-order valence-electron chi connectivity index (χ2n) is 3.76. The molecule has 0 spiro atoms. The number of carbonyl (C=O) groups excluding carboxylic acids is 1. The van der Waals surface area contributed by atoms with Gasteiger partial charge in [-0.15, -0.1) is 0 Å². The molecule has 1 amide bonds. The zero-order valence-corrected chi connectivity index (χ0v) is 10.1. The standard InChI is InChI=1S/C13H9N3OS/c17-13(14-9-5-2-1-3-6-9)10-7-4-8-11-12(10)16-18-15-11/h1-8H,(H,14,17). The van der Waals surface area contributed by atoms with Gasteiger partial charge in [0.05, 0.1) is 17.3 Å². The molecule has 0 radical (unpaired) electrons. The molecule has 0 unspecified atom stereocenters. The zero-order chi connectivity index (χ0) is 12.4. The maximum Gasteiger partial charge on any atom is 0.257 e. The van der Waals surface area contributed by atoms with E-state index in [1.165, 1.54) is 0 Å². The number of fused-ring (bicyclic) bond motifs is 1. The lowest BCUT2D eigenvalue weighted by atomic mass is 10.1. The fraction of sp³-hybridized carbons (Fsp3) is 0. The monoisotopic (exact) mass is 255 g/mol. The fourth-order valence-corrected chi connectivity index (χ4v) is 2.26. The number of aromatic nitrogens is 2. The SMILES string of the molecule is O=C(Nc1ccccc1)c1cccc2nsnc12. The Morgan fingerprint density at radius 3 is 2.67 bits per heavy atom. The van der Waals surface area contributed by atoms with Gasteiger partial charge in [-0.3, -0.25) is 4.79 Å².